The van der Waals surface area contributed by atoms with E-state index in [4.69, 9.17) is 0 Å². The van der Waals surface area contributed by atoms with E-state index in [1.165, 1.54) is 29.7 Å². The SMILES string of the molecule is Cc1ccccc1C1CC(Nc2cnccc2N(C)C)C1. The van der Waals surface area contributed by atoms with Crippen molar-refractivity contribution in [1.29, 1.82) is 0 Å². The number of hydrogen-bond donors (Lipinski definition) is 1. The van der Waals surface area contributed by atoms with Crippen LogP contribution in [0.3, 0.4) is 0 Å². The molecule has 3 rings (SSSR count). The van der Waals surface area contributed by atoms with Crippen LogP contribution in [-0.2, 0) is 0 Å². The number of anilines is 2. The van der Waals surface area contributed by atoms with Crippen molar-refractivity contribution >= 4 is 11.4 Å². The molecule has 110 valence electrons. The lowest BCUT2D eigenvalue weighted by atomic mass is 9.74. The van der Waals surface area contributed by atoms with E-state index >= 15 is 0 Å². The molecule has 1 fully saturated rings. The normalized spacial score (nSPS) is 20.7. The first-order valence-corrected chi connectivity index (χ1v) is 7.58. The smallest absolute Gasteiger partial charge is 0.0766 e. The summed E-state index contributed by atoms with van der Waals surface area (Å²) in [5.74, 6) is 0.697. The lowest BCUT2D eigenvalue weighted by Gasteiger charge is -2.38. The van der Waals surface area contributed by atoms with Gasteiger partial charge in [-0.1, -0.05) is 24.3 Å². The summed E-state index contributed by atoms with van der Waals surface area (Å²) < 4.78 is 0. The highest BCUT2D eigenvalue weighted by Gasteiger charge is 2.31. The van der Waals surface area contributed by atoms with Gasteiger partial charge < -0.3 is 10.2 Å². The molecule has 0 saturated heterocycles. The minimum Gasteiger partial charge on any atom is -0.379 e. The fraction of sp³-hybridized carbons (Fsp3) is 0.389. The molecule has 1 heterocycles. The molecular weight excluding hydrogens is 258 g/mol. The Labute approximate surface area is 127 Å². The minimum absolute atomic E-state index is 0.553. The third-order valence-corrected chi connectivity index (χ3v) is 4.41. The number of pyridine rings is 1. The predicted octanol–water partition coefficient (Wildman–Crippen LogP) is 3.81. The minimum atomic E-state index is 0.553. The van der Waals surface area contributed by atoms with Crippen molar-refractivity contribution < 1.29 is 0 Å². The molecule has 1 aliphatic rings. The van der Waals surface area contributed by atoms with Gasteiger partial charge in [0.2, 0.25) is 0 Å². The number of benzene rings is 1. The number of nitrogens with zero attached hydrogens (tertiary/aromatic N) is 2. The van der Waals surface area contributed by atoms with Gasteiger partial charge in [0.1, 0.15) is 0 Å². The fourth-order valence-electron chi connectivity index (χ4n) is 3.14. The van der Waals surface area contributed by atoms with E-state index in [1.807, 2.05) is 12.4 Å². The van der Waals surface area contributed by atoms with Gasteiger partial charge in [-0.25, -0.2) is 0 Å². The first-order valence-electron chi connectivity index (χ1n) is 7.58. The van der Waals surface area contributed by atoms with Crippen LogP contribution in [0.25, 0.3) is 0 Å². The highest BCUT2D eigenvalue weighted by molar-refractivity contribution is 5.68. The molecule has 1 aromatic carbocycles. The Balaban J connectivity index is 1.64. The average molecular weight is 281 g/mol. The van der Waals surface area contributed by atoms with E-state index in [-0.39, 0.29) is 0 Å². The second kappa shape index (κ2) is 5.76. The van der Waals surface area contributed by atoms with Crippen molar-refractivity contribution in [3.8, 4) is 0 Å². The number of aromatic nitrogens is 1. The van der Waals surface area contributed by atoms with Crippen LogP contribution >= 0.6 is 0 Å². The molecule has 0 aliphatic heterocycles. The Hall–Kier alpha value is -2.03. The molecule has 1 saturated carbocycles. The van der Waals surface area contributed by atoms with Crippen LogP contribution in [0, 0.1) is 6.92 Å². The predicted molar refractivity (Wildman–Crippen MR) is 89.1 cm³/mol. The maximum Gasteiger partial charge on any atom is 0.0766 e. The third kappa shape index (κ3) is 2.87. The molecule has 1 aromatic heterocycles. The van der Waals surface area contributed by atoms with Crippen LogP contribution in [0.4, 0.5) is 11.4 Å². The summed E-state index contributed by atoms with van der Waals surface area (Å²) in [5, 5.41) is 3.64. The van der Waals surface area contributed by atoms with Crippen molar-refractivity contribution in [2.24, 2.45) is 0 Å². The fourth-order valence-corrected chi connectivity index (χ4v) is 3.14. The lowest BCUT2D eigenvalue weighted by molar-refractivity contribution is 0.373. The van der Waals surface area contributed by atoms with E-state index in [1.54, 1.807) is 0 Å². The zero-order valence-electron chi connectivity index (χ0n) is 13.0. The summed E-state index contributed by atoms with van der Waals surface area (Å²) >= 11 is 0. The van der Waals surface area contributed by atoms with E-state index in [0.717, 1.165) is 5.69 Å². The quantitative estimate of drug-likeness (QED) is 0.923. The summed E-state index contributed by atoms with van der Waals surface area (Å²) in [5.41, 5.74) is 5.26. The van der Waals surface area contributed by atoms with E-state index in [0.29, 0.717) is 12.0 Å². The van der Waals surface area contributed by atoms with Crippen molar-refractivity contribution in [3.63, 3.8) is 0 Å². The molecule has 0 amide bonds. The number of rotatable bonds is 4. The maximum absolute atomic E-state index is 4.24. The number of aryl methyl sites for hydroxylation is 1. The Morgan fingerprint density at radius 1 is 1.14 bits per heavy atom. The van der Waals surface area contributed by atoms with Gasteiger partial charge in [-0.05, 0) is 42.9 Å². The molecule has 3 heteroatoms. The summed E-state index contributed by atoms with van der Waals surface area (Å²) in [7, 11) is 4.13. The van der Waals surface area contributed by atoms with Crippen LogP contribution in [0.2, 0.25) is 0 Å². The highest BCUT2D eigenvalue weighted by Crippen LogP contribution is 2.40. The van der Waals surface area contributed by atoms with Crippen LogP contribution in [-0.4, -0.2) is 25.1 Å². The lowest BCUT2D eigenvalue weighted by Crippen LogP contribution is -2.34. The van der Waals surface area contributed by atoms with Gasteiger partial charge in [0.05, 0.1) is 17.6 Å². The van der Waals surface area contributed by atoms with Gasteiger partial charge in [0.15, 0.2) is 0 Å². The Bertz CT molecular complexity index is 615. The van der Waals surface area contributed by atoms with Gasteiger partial charge >= 0.3 is 0 Å². The monoisotopic (exact) mass is 281 g/mol. The van der Waals surface area contributed by atoms with Crippen LogP contribution in [0.1, 0.15) is 29.9 Å². The molecule has 0 atom stereocenters. The molecule has 3 nitrogen and oxygen atoms in total. The average Bonchev–Trinajstić information content (AvgIpc) is 2.44. The van der Waals surface area contributed by atoms with E-state index < -0.39 is 0 Å². The van der Waals surface area contributed by atoms with E-state index in [2.05, 4.69) is 66.6 Å². The van der Waals surface area contributed by atoms with Crippen LogP contribution in [0.5, 0.6) is 0 Å². The second-order valence-electron chi connectivity index (χ2n) is 6.15. The molecular formula is C18H23N3. The standard InChI is InChI=1S/C18H23N3/c1-13-6-4-5-7-16(13)14-10-15(11-14)20-17-12-19-9-8-18(17)21(2)3/h4-9,12,14-15,20H,10-11H2,1-3H3. The van der Waals surface area contributed by atoms with Crippen molar-refractivity contribution in [3.05, 3.63) is 53.9 Å². The van der Waals surface area contributed by atoms with Gasteiger partial charge in [0.25, 0.3) is 0 Å². The summed E-state index contributed by atoms with van der Waals surface area (Å²) in [6, 6.07) is 11.4. The largest absolute Gasteiger partial charge is 0.379 e. The molecule has 0 radical (unpaired) electrons. The van der Waals surface area contributed by atoms with Gasteiger partial charge in [0, 0.05) is 26.3 Å². The van der Waals surface area contributed by atoms with Crippen molar-refractivity contribution in [1.82, 2.24) is 4.98 Å². The molecule has 21 heavy (non-hydrogen) atoms. The molecule has 0 unspecified atom stereocenters. The molecule has 2 aromatic rings. The Morgan fingerprint density at radius 2 is 1.90 bits per heavy atom. The summed E-state index contributed by atoms with van der Waals surface area (Å²) in [6.07, 6.45) is 6.17. The van der Waals surface area contributed by atoms with Crippen LogP contribution in [0.15, 0.2) is 42.7 Å². The van der Waals surface area contributed by atoms with E-state index in [9.17, 15) is 0 Å². The zero-order chi connectivity index (χ0) is 14.8. The van der Waals surface area contributed by atoms with Crippen molar-refractivity contribution in [2.75, 3.05) is 24.3 Å². The Kier molecular flexibility index (Phi) is 3.82. The molecule has 0 spiro atoms. The summed E-state index contributed by atoms with van der Waals surface area (Å²) in [6.45, 7) is 2.21. The maximum atomic E-state index is 4.24. The van der Waals surface area contributed by atoms with Gasteiger partial charge in [-0.3, -0.25) is 4.98 Å². The topological polar surface area (TPSA) is 28.2 Å². The first kappa shape index (κ1) is 13.9. The van der Waals surface area contributed by atoms with Crippen molar-refractivity contribution in [2.45, 2.75) is 31.7 Å². The number of nitrogens with one attached hydrogen (secondary N) is 1. The second-order valence-corrected chi connectivity index (χ2v) is 6.15. The van der Waals surface area contributed by atoms with Gasteiger partial charge in [-0.15, -0.1) is 0 Å². The zero-order valence-corrected chi connectivity index (χ0v) is 13.0. The molecule has 0 bridgehead atoms. The summed E-state index contributed by atoms with van der Waals surface area (Å²) in [4.78, 5) is 6.37. The Morgan fingerprint density at radius 3 is 2.62 bits per heavy atom. The first-order chi connectivity index (χ1) is 10.1. The third-order valence-electron chi connectivity index (χ3n) is 4.41. The molecule has 1 N–H and O–H groups in total. The van der Waals surface area contributed by atoms with Gasteiger partial charge in [-0.2, -0.15) is 0 Å². The number of hydrogen-bond acceptors (Lipinski definition) is 3. The highest BCUT2D eigenvalue weighted by atomic mass is 15.1. The van der Waals surface area contributed by atoms with Crippen LogP contribution < -0.4 is 10.2 Å². The molecule has 1 aliphatic carbocycles.